The minimum absolute atomic E-state index is 0. The number of aliphatic carboxylic acids is 1. The van der Waals surface area contributed by atoms with Crippen molar-refractivity contribution >= 4 is 52.1 Å². The van der Waals surface area contributed by atoms with Crippen LogP contribution in [0.4, 0.5) is 4.79 Å². The SMILES string of the molecule is CC(=O)c1cc2c(OC(=O)OCCCCNCC(=O)O)c3ccccc3c(O)c2o1.Cl. The molecule has 3 N–H and O–H groups in total. The van der Waals surface area contributed by atoms with E-state index in [-0.39, 0.29) is 59.6 Å². The Morgan fingerprint density at radius 1 is 1.10 bits per heavy atom. The molecule has 0 amide bonds. The van der Waals surface area contributed by atoms with Crippen LogP contribution in [-0.4, -0.2) is 47.8 Å². The van der Waals surface area contributed by atoms with Crippen molar-refractivity contribution in [2.24, 2.45) is 0 Å². The molecule has 31 heavy (non-hydrogen) atoms. The number of hydrogen-bond donors (Lipinski definition) is 3. The number of halogens is 1. The Morgan fingerprint density at radius 2 is 1.81 bits per heavy atom. The molecule has 0 radical (unpaired) electrons. The van der Waals surface area contributed by atoms with Gasteiger partial charge in [-0.25, -0.2) is 4.79 Å². The van der Waals surface area contributed by atoms with Crippen molar-refractivity contribution in [1.82, 2.24) is 5.32 Å². The zero-order valence-electron chi connectivity index (χ0n) is 16.7. The number of rotatable bonds is 9. The number of nitrogens with one attached hydrogen (secondary N) is 1. The van der Waals surface area contributed by atoms with Gasteiger partial charge in [-0.15, -0.1) is 12.4 Å². The van der Waals surface area contributed by atoms with Crippen molar-refractivity contribution in [3.8, 4) is 11.5 Å². The van der Waals surface area contributed by atoms with Gasteiger partial charge in [-0.2, -0.15) is 0 Å². The minimum Gasteiger partial charge on any atom is -0.504 e. The molecule has 2 aromatic carbocycles. The van der Waals surface area contributed by atoms with Crippen LogP contribution in [0.2, 0.25) is 0 Å². The second-order valence-corrected chi connectivity index (χ2v) is 6.61. The van der Waals surface area contributed by atoms with E-state index in [9.17, 15) is 19.5 Å². The van der Waals surface area contributed by atoms with Gasteiger partial charge in [-0.05, 0) is 25.5 Å². The Balaban J connectivity index is 0.00000341. The number of ketones is 1. The number of carboxylic acids is 1. The van der Waals surface area contributed by atoms with Gasteiger partial charge in [0, 0.05) is 17.7 Å². The Kier molecular flexibility index (Phi) is 8.23. The van der Waals surface area contributed by atoms with Crippen molar-refractivity contribution < 1.29 is 38.5 Å². The van der Waals surface area contributed by atoms with E-state index >= 15 is 0 Å². The molecule has 0 spiro atoms. The van der Waals surface area contributed by atoms with Gasteiger partial charge in [0.05, 0.1) is 18.5 Å². The molecule has 3 rings (SSSR count). The first-order valence-electron chi connectivity index (χ1n) is 9.33. The van der Waals surface area contributed by atoms with Gasteiger partial charge >= 0.3 is 12.1 Å². The summed E-state index contributed by atoms with van der Waals surface area (Å²) >= 11 is 0. The zero-order chi connectivity index (χ0) is 21.7. The molecule has 1 heterocycles. The van der Waals surface area contributed by atoms with Crippen molar-refractivity contribution in [3.63, 3.8) is 0 Å². The highest BCUT2D eigenvalue weighted by molar-refractivity contribution is 6.11. The summed E-state index contributed by atoms with van der Waals surface area (Å²) in [5.74, 6) is -1.26. The number of aromatic hydroxyl groups is 1. The van der Waals surface area contributed by atoms with Crippen LogP contribution < -0.4 is 10.1 Å². The molecule has 0 saturated carbocycles. The van der Waals surface area contributed by atoms with E-state index in [0.29, 0.717) is 30.2 Å². The summed E-state index contributed by atoms with van der Waals surface area (Å²) in [7, 11) is 0. The molecule has 9 nitrogen and oxygen atoms in total. The average molecular weight is 452 g/mol. The monoisotopic (exact) mass is 451 g/mol. The number of unbranched alkanes of at least 4 members (excludes halogenated alkanes) is 1. The van der Waals surface area contributed by atoms with Gasteiger partial charge in [-0.3, -0.25) is 9.59 Å². The fourth-order valence-corrected chi connectivity index (χ4v) is 2.99. The molecule has 10 heteroatoms. The third kappa shape index (κ3) is 5.65. The quantitative estimate of drug-likeness (QED) is 0.191. The Labute approximate surface area is 183 Å². The summed E-state index contributed by atoms with van der Waals surface area (Å²) < 4.78 is 16.0. The number of fused-ring (bicyclic) bond motifs is 2. The summed E-state index contributed by atoms with van der Waals surface area (Å²) in [6, 6.07) is 8.17. The van der Waals surface area contributed by atoms with Crippen LogP contribution in [0.3, 0.4) is 0 Å². The summed E-state index contributed by atoms with van der Waals surface area (Å²) in [6.07, 6.45) is 0.209. The third-order valence-electron chi connectivity index (χ3n) is 4.40. The third-order valence-corrected chi connectivity index (χ3v) is 4.40. The number of carboxylic acid groups (broad SMARTS) is 1. The van der Waals surface area contributed by atoms with Crippen LogP contribution in [0.5, 0.6) is 11.5 Å². The molecule has 0 fully saturated rings. The van der Waals surface area contributed by atoms with E-state index in [1.54, 1.807) is 24.3 Å². The highest BCUT2D eigenvalue weighted by Crippen LogP contribution is 2.43. The molecular formula is C21H22ClNO8. The van der Waals surface area contributed by atoms with Crippen LogP contribution in [-0.2, 0) is 9.53 Å². The average Bonchev–Trinajstić information content (AvgIpc) is 3.16. The van der Waals surface area contributed by atoms with E-state index < -0.39 is 12.1 Å². The van der Waals surface area contributed by atoms with E-state index in [2.05, 4.69) is 5.32 Å². The number of benzene rings is 2. The van der Waals surface area contributed by atoms with Gasteiger partial charge in [0.2, 0.25) is 0 Å². The topological polar surface area (TPSA) is 135 Å². The predicted molar refractivity (Wildman–Crippen MR) is 114 cm³/mol. The number of hydrogen-bond acceptors (Lipinski definition) is 8. The summed E-state index contributed by atoms with van der Waals surface area (Å²) in [6.45, 7) is 1.78. The Bertz CT molecular complexity index is 1110. The van der Waals surface area contributed by atoms with E-state index in [4.69, 9.17) is 19.0 Å². The predicted octanol–water partition coefficient (Wildman–Crippen LogP) is 3.89. The van der Waals surface area contributed by atoms with Gasteiger partial charge in [-0.1, -0.05) is 24.3 Å². The zero-order valence-corrected chi connectivity index (χ0v) is 17.5. The number of carbonyl (C=O) groups excluding carboxylic acids is 2. The van der Waals surface area contributed by atoms with Crippen molar-refractivity contribution in [3.05, 3.63) is 36.1 Å². The number of phenolic OH excluding ortho intramolecular Hbond substituents is 1. The molecular weight excluding hydrogens is 430 g/mol. The second-order valence-electron chi connectivity index (χ2n) is 6.61. The lowest BCUT2D eigenvalue weighted by atomic mass is 10.1. The maximum Gasteiger partial charge on any atom is 0.513 e. The van der Waals surface area contributed by atoms with Crippen molar-refractivity contribution in [2.45, 2.75) is 19.8 Å². The fraction of sp³-hybridized carbons (Fsp3) is 0.286. The number of furan rings is 1. The smallest absolute Gasteiger partial charge is 0.504 e. The number of ether oxygens (including phenoxy) is 2. The minimum atomic E-state index is -0.936. The van der Waals surface area contributed by atoms with E-state index in [1.807, 2.05) is 0 Å². The molecule has 0 aliphatic rings. The normalized spacial score (nSPS) is 10.6. The number of carbonyl (C=O) groups is 3. The van der Waals surface area contributed by atoms with Crippen molar-refractivity contribution in [1.29, 1.82) is 0 Å². The van der Waals surface area contributed by atoms with E-state index in [0.717, 1.165) is 0 Å². The summed E-state index contributed by atoms with van der Waals surface area (Å²) in [5.41, 5.74) is 0.0474. The molecule has 0 aliphatic heterocycles. The largest absolute Gasteiger partial charge is 0.513 e. The first kappa shape index (κ1) is 24.0. The maximum absolute atomic E-state index is 12.2. The number of phenols is 1. The second kappa shape index (κ2) is 10.6. The molecule has 166 valence electrons. The van der Waals surface area contributed by atoms with Crippen LogP contribution in [0.1, 0.15) is 30.3 Å². The Morgan fingerprint density at radius 3 is 2.48 bits per heavy atom. The van der Waals surface area contributed by atoms with Gasteiger partial charge in [0.15, 0.2) is 28.6 Å². The lowest BCUT2D eigenvalue weighted by Crippen LogP contribution is -2.23. The summed E-state index contributed by atoms with van der Waals surface area (Å²) in [5, 5.41) is 23.0. The molecule has 3 aromatic rings. The van der Waals surface area contributed by atoms with Crippen LogP contribution in [0.25, 0.3) is 21.7 Å². The van der Waals surface area contributed by atoms with Gasteiger partial charge < -0.3 is 29.4 Å². The maximum atomic E-state index is 12.2. The highest BCUT2D eigenvalue weighted by atomic mass is 35.5. The first-order valence-corrected chi connectivity index (χ1v) is 9.33. The van der Waals surface area contributed by atoms with Crippen LogP contribution in [0, 0.1) is 0 Å². The Hall–Kier alpha value is -3.30. The van der Waals surface area contributed by atoms with Gasteiger partial charge in [0.25, 0.3) is 0 Å². The molecule has 0 saturated heterocycles. The molecule has 0 unspecified atom stereocenters. The highest BCUT2D eigenvalue weighted by Gasteiger charge is 2.22. The van der Waals surface area contributed by atoms with Crippen molar-refractivity contribution in [2.75, 3.05) is 19.7 Å². The molecule has 0 bridgehead atoms. The van der Waals surface area contributed by atoms with E-state index in [1.165, 1.54) is 13.0 Å². The lowest BCUT2D eigenvalue weighted by Gasteiger charge is -2.11. The molecule has 1 aromatic heterocycles. The number of Topliss-reactive ketones (excluding diaryl/α,β-unsaturated/α-hetero) is 1. The molecule has 0 atom stereocenters. The first-order chi connectivity index (χ1) is 14.4. The van der Waals surface area contributed by atoms with Crippen LogP contribution in [0.15, 0.2) is 34.7 Å². The summed E-state index contributed by atoms with van der Waals surface area (Å²) in [4.78, 5) is 34.3. The fourth-order valence-electron chi connectivity index (χ4n) is 2.99. The van der Waals surface area contributed by atoms with Gasteiger partial charge in [0.1, 0.15) is 0 Å². The molecule has 0 aliphatic carbocycles. The van der Waals surface area contributed by atoms with Crippen LogP contribution >= 0.6 is 12.4 Å². The standard InChI is InChI=1S/C21H21NO8.ClH/c1-12(23)16-10-15-19(14-7-3-2-6-13(14)18(26)20(15)29-16)30-21(27)28-9-5-4-8-22-11-17(24)25;/h2-3,6-7,10,22,26H,4-5,8-9,11H2,1H3,(H,24,25);1H. The lowest BCUT2D eigenvalue weighted by molar-refractivity contribution is -0.135.